The van der Waals surface area contributed by atoms with E-state index in [1.165, 1.54) is 0 Å². The van der Waals surface area contributed by atoms with Gasteiger partial charge in [0.2, 0.25) is 0 Å². The number of morpholine rings is 1. The average Bonchev–Trinajstić information content (AvgIpc) is 1.88. The first kappa shape index (κ1) is 7.95. The van der Waals surface area contributed by atoms with E-state index in [-0.39, 0.29) is 18.9 Å². The van der Waals surface area contributed by atoms with Gasteiger partial charge in [0.05, 0.1) is 18.9 Å². The number of rotatable bonds is 2. The van der Waals surface area contributed by atoms with Crippen molar-refractivity contribution in [2.24, 2.45) is 0 Å². The van der Waals surface area contributed by atoms with Gasteiger partial charge in [0.25, 0.3) is 0 Å². The van der Waals surface area contributed by atoms with Crippen LogP contribution < -0.4 is 5.32 Å². The zero-order chi connectivity index (χ0) is 7.40. The summed E-state index contributed by atoms with van der Waals surface area (Å²) in [7, 11) is 0. The minimum Gasteiger partial charge on any atom is -0.373 e. The first-order valence-electron chi connectivity index (χ1n) is 3.75. The van der Waals surface area contributed by atoms with Gasteiger partial charge in [-0.15, -0.1) is 0 Å². The summed E-state index contributed by atoms with van der Waals surface area (Å²) < 4.78 is 17.2. The molecule has 1 saturated heterocycles. The van der Waals surface area contributed by atoms with Gasteiger partial charge in [-0.25, -0.2) is 0 Å². The molecule has 0 saturated carbocycles. The quantitative estimate of drug-likeness (QED) is 0.621. The Hall–Kier alpha value is -0.150. The second kappa shape index (κ2) is 3.88. The third kappa shape index (κ3) is 2.23. The minimum absolute atomic E-state index is 0.0914. The van der Waals surface area contributed by atoms with Crippen molar-refractivity contribution < 1.29 is 9.13 Å². The lowest BCUT2D eigenvalue weighted by Crippen LogP contribution is -2.43. The van der Waals surface area contributed by atoms with E-state index in [1.807, 2.05) is 6.92 Å². The lowest BCUT2D eigenvalue weighted by Gasteiger charge is -2.27. The largest absolute Gasteiger partial charge is 0.373 e. The minimum atomic E-state index is -0.279. The lowest BCUT2D eigenvalue weighted by molar-refractivity contribution is -0.0331. The SMILES string of the molecule is C[C@@H]1CNC[C@@H](CCF)O1. The van der Waals surface area contributed by atoms with Crippen molar-refractivity contribution in [3.63, 3.8) is 0 Å². The fourth-order valence-corrected chi connectivity index (χ4v) is 1.16. The zero-order valence-electron chi connectivity index (χ0n) is 6.27. The topological polar surface area (TPSA) is 21.3 Å². The molecule has 0 amide bonds. The van der Waals surface area contributed by atoms with Gasteiger partial charge in [0.15, 0.2) is 0 Å². The predicted octanol–water partition coefficient (Wildman–Crippen LogP) is 0.723. The third-order valence-electron chi connectivity index (χ3n) is 1.66. The summed E-state index contributed by atoms with van der Waals surface area (Å²) >= 11 is 0. The van der Waals surface area contributed by atoms with Crippen LogP contribution in [-0.2, 0) is 4.74 Å². The van der Waals surface area contributed by atoms with Crippen LogP contribution in [0, 0.1) is 0 Å². The van der Waals surface area contributed by atoms with Crippen LogP contribution in [-0.4, -0.2) is 32.0 Å². The number of alkyl halides is 1. The highest BCUT2D eigenvalue weighted by atomic mass is 19.1. The molecular weight excluding hydrogens is 133 g/mol. The number of nitrogens with one attached hydrogen (secondary N) is 1. The van der Waals surface area contributed by atoms with Gasteiger partial charge in [-0.1, -0.05) is 0 Å². The van der Waals surface area contributed by atoms with Crippen molar-refractivity contribution in [1.82, 2.24) is 5.32 Å². The molecule has 1 rings (SSSR count). The van der Waals surface area contributed by atoms with E-state index < -0.39 is 0 Å². The van der Waals surface area contributed by atoms with Crippen LogP contribution >= 0.6 is 0 Å². The van der Waals surface area contributed by atoms with Gasteiger partial charge in [-0.2, -0.15) is 0 Å². The lowest BCUT2D eigenvalue weighted by atomic mass is 10.2. The molecular formula is C7H14FNO. The highest BCUT2D eigenvalue weighted by Gasteiger charge is 2.17. The van der Waals surface area contributed by atoms with Crippen molar-refractivity contribution >= 4 is 0 Å². The Balaban J connectivity index is 2.18. The third-order valence-corrected chi connectivity index (χ3v) is 1.66. The maximum Gasteiger partial charge on any atom is 0.0919 e. The molecule has 3 heteroatoms. The van der Waals surface area contributed by atoms with Gasteiger partial charge in [0.1, 0.15) is 0 Å². The normalized spacial score (nSPS) is 34.2. The maximum atomic E-state index is 11.8. The van der Waals surface area contributed by atoms with Crippen LogP contribution in [0.25, 0.3) is 0 Å². The number of ether oxygens (including phenoxy) is 1. The molecule has 1 N–H and O–H groups in total. The Morgan fingerprint density at radius 1 is 1.60 bits per heavy atom. The summed E-state index contributed by atoms with van der Waals surface area (Å²) in [6.45, 7) is 3.41. The fraction of sp³-hybridized carbons (Fsp3) is 1.00. The van der Waals surface area contributed by atoms with Gasteiger partial charge in [0, 0.05) is 19.5 Å². The Morgan fingerprint density at radius 2 is 2.40 bits per heavy atom. The Bertz CT molecular complexity index is 97.6. The summed E-state index contributed by atoms with van der Waals surface area (Å²) in [5.41, 5.74) is 0. The Labute approximate surface area is 60.8 Å². The van der Waals surface area contributed by atoms with Crippen LogP contribution in [0.3, 0.4) is 0 Å². The molecule has 0 unspecified atom stereocenters. The number of halogens is 1. The Morgan fingerprint density at radius 3 is 3.00 bits per heavy atom. The second-order valence-electron chi connectivity index (χ2n) is 2.70. The fourth-order valence-electron chi connectivity index (χ4n) is 1.16. The zero-order valence-corrected chi connectivity index (χ0v) is 6.27. The van der Waals surface area contributed by atoms with Crippen LogP contribution in [0.1, 0.15) is 13.3 Å². The molecule has 0 bridgehead atoms. The molecule has 10 heavy (non-hydrogen) atoms. The van der Waals surface area contributed by atoms with E-state index in [0.29, 0.717) is 6.42 Å². The first-order chi connectivity index (χ1) is 4.83. The van der Waals surface area contributed by atoms with E-state index in [1.54, 1.807) is 0 Å². The van der Waals surface area contributed by atoms with Crippen molar-refractivity contribution in [3.8, 4) is 0 Å². The molecule has 0 aromatic heterocycles. The van der Waals surface area contributed by atoms with Crippen LogP contribution in [0.4, 0.5) is 4.39 Å². The monoisotopic (exact) mass is 147 g/mol. The van der Waals surface area contributed by atoms with Crippen LogP contribution in [0.2, 0.25) is 0 Å². The summed E-state index contributed by atoms with van der Waals surface area (Å²) in [4.78, 5) is 0. The maximum absolute atomic E-state index is 11.8. The van der Waals surface area contributed by atoms with Gasteiger partial charge in [-0.05, 0) is 6.92 Å². The van der Waals surface area contributed by atoms with E-state index >= 15 is 0 Å². The molecule has 1 fully saturated rings. The average molecular weight is 147 g/mol. The molecule has 60 valence electrons. The van der Waals surface area contributed by atoms with Gasteiger partial charge in [-0.3, -0.25) is 4.39 Å². The number of hydrogen-bond donors (Lipinski definition) is 1. The molecule has 1 heterocycles. The standard InChI is InChI=1S/C7H14FNO/c1-6-4-9-5-7(10-6)2-3-8/h6-7,9H,2-5H2,1H3/t6-,7-/m1/s1. The highest BCUT2D eigenvalue weighted by molar-refractivity contribution is 4.70. The molecule has 2 nitrogen and oxygen atoms in total. The first-order valence-corrected chi connectivity index (χ1v) is 3.75. The molecule has 1 aliphatic rings. The van der Waals surface area contributed by atoms with Crippen molar-refractivity contribution in [1.29, 1.82) is 0 Å². The molecule has 2 atom stereocenters. The smallest absolute Gasteiger partial charge is 0.0919 e. The van der Waals surface area contributed by atoms with Crippen LogP contribution in [0.5, 0.6) is 0 Å². The molecule has 0 aromatic rings. The molecule has 0 aromatic carbocycles. The van der Waals surface area contributed by atoms with E-state index in [2.05, 4.69) is 5.32 Å². The highest BCUT2D eigenvalue weighted by Crippen LogP contribution is 2.06. The molecule has 0 radical (unpaired) electrons. The molecule has 0 aliphatic carbocycles. The summed E-state index contributed by atoms with van der Waals surface area (Å²) in [6, 6.07) is 0. The molecule has 0 spiro atoms. The summed E-state index contributed by atoms with van der Waals surface area (Å²) in [5.74, 6) is 0. The number of hydrogen-bond acceptors (Lipinski definition) is 2. The van der Waals surface area contributed by atoms with E-state index in [4.69, 9.17) is 4.74 Å². The van der Waals surface area contributed by atoms with Gasteiger partial charge < -0.3 is 10.1 Å². The Kier molecular flexibility index (Phi) is 3.09. The van der Waals surface area contributed by atoms with E-state index in [0.717, 1.165) is 13.1 Å². The van der Waals surface area contributed by atoms with Crippen molar-refractivity contribution in [2.75, 3.05) is 19.8 Å². The van der Waals surface area contributed by atoms with Crippen LogP contribution in [0.15, 0.2) is 0 Å². The van der Waals surface area contributed by atoms with E-state index in [9.17, 15) is 4.39 Å². The van der Waals surface area contributed by atoms with Crippen molar-refractivity contribution in [3.05, 3.63) is 0 Å². The summed E-state index contributed by atoms with van der Waals surface area (Å²) in [5, 5.41) is 3.18. The summed E-state index contributed by atoms with van der Waals surface area (Å²) in [6.07, 6.45) is 0.858. The molecule has 1 aliphatic heterocycles. The van der Waals surface area contributed by atoms with Gasteiger partial charge >= 0.3 is 0 Å². The predicted molar refractivity (Wildman–Crippen MR) is 37.8 cm³/mol. The van der Waals surface area contributed by atoms with Crippen molar-refractivity contribution in [2.45, 2.75) is 25.6 Å². The second-order valence-corrected chi connectivity index (χ2v) is 2.70.